The second-order valence-electron chi connectivity index (χ2n) is 2.35. The van der Waals surface area contributed by atoms with Gasteiger partial charge in [0, 0.05) is 12.1 Å². The molecule has 0 saturated heterocycles. The van der Waals surface area contributed by atoms with Gasteiger partial charge >= 0.3 is 0 Å². The average Bonchev–Trinajstić information content (AvgIpc) is 2.71. The third-order valence-corrected chi connectivity index (χ3v) is 1.53. The Kier molecular flexibility index (Phi) is 0.979. The highest BCUT2D eigenvalue weighted by molar-refractivity contribution is 5.09. The molecule has 0 aromatic carbocycles. The lowest BCUT2D eigenvalue weighted by molar-refractivity contribution is 0.983. The molecule has 0 bridgehead atoms. The Morgan fingerprint density at radius 2 is 2.44 bits per heavy atom. The minimum atomic E-state index is 0.704. The molecule has 0 unspecified atom stereocenters. The minimum Gasteiger partial charge on any atom is -0.260 e. The lowest BCUT2D eigenvalue weighted by Crippen LogP contribution is -1.85. The van der Waals surface area contributed by atoms with Gasteiger partial charge in [-0.2, -0.15) is 0 Å². The Hall–Kier alpha value is -0.920. The van der Waals surface area contributed by atoms with Crippen molar-refractivity contribution in [2.24, 2.45) is 0 Å². The van der Waals surface area contributed by atoms with Crippen LogP contribution in [-0.2, 0) is 0 Å². The summed E-state index contributed by atoms with van der Waals surface area (Å²) in [5.74, 6) is 0.704. The summed E-state index contributed by atoms with van der Waals surface area (Å²) in [6.07, 6.45) is 8.71. The summed E-state index contributed by atoms with van der Waals surface area (Å²) in [7, 11) is 0. The second-order valence-corrected chi connectivity index (χ2v) is 2.35. The Morgan fingerprint density at radius 3 is 3.00 bits per heavy atom. The molecule has 1 saturated carbocycles. The summed E-state index contributed by atoms with van der Waals surface area (Å²) in [6, 6.07) is 0. The van der Waals surface area contributed by atoms with Gasteiger partial charge in [-0.25, -0.2) is 4.98 Å². The lowest BCUT2D eigenvalue weighted by Gasteiger charge is -1.89. The molecule has 1 radical (unpaired) electrons. The Balaban J connectivity index is 2.29. The summed E-state index contributed by atoms with van der Waals surface area (Å²) in [4.78, 5) is 7.98. The molecular formula is C7H7N2. The van der Waals surface area contributed by atoms with E-state index in [-0.39, 0.29) is 0 Å². The van der Waals surface area contributed by atoms with E-state index in [0.29, 0.717) is 5.92 Å². The van der Waals surface area contributed by atoms with Crippen LogP contribution in [0.25, 0.3) is 0 Å². The normalized spacial score (nSPS) is 17.8. The largest absolute Gasteiger partial charge is 0.260 e. The zero-order valence-electron chi connectivity index (χ0n) is 5.04. The Labute approximate surface area is 54.0 Å². The first kappa shape index (κ1) is 4.91. The first-order valence-corrected chi connectivity index (χ1v) is 3.15. The first-order valence-electron chi connectivity index (χ1n) is 3.15. The Bertz CT molecular complexity index is 191. The van der Waals surface area contributed by atoms with Gasteiger partial charge in [0.25, 0.3) is 0 Å². The van der Waals surface area contributed by atoms with Crippen molar-refractivity contribution < 1.29 is 0 Å². The van der Waals surface area contributed by atoms with Gasteiger partial charge in [-0.15, -0.1) is 0 Å². The van der Waals surface area contributed by atoms with E-state index in [0.717, 1.165) is 5.69 Å². The van der Waals surface area contributed by atoms with Crippen molar-refractivity contribution in [3.8, 4) is 0 Å². The highest BCUT2D eigenvalue weighted by Crippen LogP contribution is 2.38. The molecule has 0 aliphatic heterocycles. The molecule has 0 N–H and O–H groups in total. The molecule has 0 amide bonds. The molecule has 0 spiro atoms. The number of hydrogen-bond acceptors (Lipinski definition) is 2. The van der Waals surface area contributed by atoms with Gasteiger partial charge < -0.3 is 0 Å². The summed E-state index contributed by atoms with van der Waals surface area (Å²) in [5.41, 5.74) is 1.11. The maximum Gasteiger partial charge on any atom is 0.109 e. The number of hydrogen-bond donors (Lipinski definition) is 0. The van der Waals surface area contributed by atoms with Crippen LogP contribution in [0, 0.1) is 6.20 Å². The quantitative estimate of drug-likeness (QED) is 0.554. The van der Waals surface area contributed by atoms with Gasteiger partial charge in [0.15, 0.2) is 0 Å². The van der Waals surface area contributed by atoms with E-state index in [1.807, 2.05) is 6.20 Å². The fourth-order valence-corrected chi connectivity index (χ4v) is 0.855. The van der Waals surface area contributed by atoms with Crippen molar-refractivity contribution in [3.05, 3.63) is 24.3 Å². The third-order valence-electron chi connectivity index (χ3n) is 1.53. The zero-order valence-corrected chi connectivity index (χ0v) is 5.04. The highest BCUT2D eigenvalue weighted by atomic mass is 14.8. The van der Waals surface area contributed by atoms with Gasteiger partial charge in [0.1, 0.15) is 6.20 Å². The molecule has 2 rings (SSSR count). The van der Waals surface area contributed by atoms with E-state index in [1.165, 1.54) is 12.8 Å². The van der Waals surface area contributed by atoms with Crippen molar-refractivity contribution in [1.29, 1.82) is 0 Å². The molecule has 1 aromatic rings. The van der Waals surface area contributed by atoms with Crippen LogP contribution < -0.4 is 0 Å². The standard InChI is InChI=1S/C7H7N2/c1-2-6(1)7-5-8-3-4-9-7/h3,5-6H,1-2H2. The topological polar surface area (TPSA) is 25.8 Å². The first-order chi connectivity index (χ1) is 4.47. The monoisotopic (exact) mass is 119 g/mol. The molecular weight excluding hydrogens is 112 g/mol. The van der Waals surface area contributed by atoms with E-state index >= 15 is 0 Å². The maximum atomic E-state index is 4.05. The van der Waals surface area contributed by atoms with Crippen molar-refractivity contribution in [1.82, 2.24) is 9.97 Å². The van der Waals surface area contributed by atoms with Gasteiger partial charge in [-0.1, -0.05) is 0 Å². The lowest BCUT2D eigenvalue weighted by atomic mass is 10.3. The fourth-order valence-electron chi connectivity index (χ4n) is 0.855. The van der Waals surface area contributed by atoms with Crippen molar-refractivity contribution in [3.63, 3.8) is 0 Å². The van der Waals surface area contributed by atoms with Crippen LogP contribution in [0.2, 0.25) is 0 Å². The molecule has 2 heteroatoms. The summed E-state index contributed by atoms with van der Waals surface area (Å²) in [5, 5.41) is 0. The third kappa shape index (κ3) is 0.922. The molecule has 0 atom stereocenters. The fraction of sp³-hybridized carbons (Fsp3) is 0.429. The summed E-state index contributed by atoms with van der Waals surface area (Å²) < 4.78 is 0. The van der Waals surface area contributed by atoms with Gasteiger partial charge in [0.05, 0.1) is 11.9 Å². The summed E-state index contributed by atoms with van der Waals surface area (Å²) >= 11 is 0. The van der Waals surface area contributed by atoms with Crippen LogP contribution in [0.15, 0.2) is 12.4 Å². The van der Waals surface area contributed by atoms with E-state index in [2.05, 4.69) is 16.2 Å². The van der Waals surface area contributed by atoms with Crippen LogP contribution in [0.3, 0.4) is 0 Å². The average molecular weight is 119 g/mol. The number of aromatic nitrogens is 2. The van der Waals surface area contributed by atoms with Crippen molar-refractivity contribution >= 4 is 0 Å². The van der Waals surface area contributed by atoms with E-state index in [9.17, 15) is 0 Å². The Morgan fingerprint density at radius 1 is 1.56 bits per heavy atom. The number of nitrogens with zero attached hydrogens (tertiary/aromatic N) is 2. The molecule has 2 nitrogen and oxygen atoms in total. The van der Waals surface area contributed by atoms with E-state index in [4.69, 9.17) is 0 Å². The molecule has 1 heterocycles. The zero-order chi connectivity index (χ0) is 6.10. The molecule has 45 valence electrons. The van der Waals surface area contributed by atoms with Crippen molar-refractivity contribution in [2.45, 2.75) is 18.8 Å². The van der Waals surface area contributed by atoms with Gasteiger partial charge in [-0.05, 0) is 12.8 Å². The summed E-state index contributed by atoms with van der Waals surface area (Å²) in [6.45, 7) is 0. The second kappa shape index (κ2) is 1.79. The molecule has 1 aliphatic rings. The van der Waals surface area contributed by atoms with Gasteiger partial charge in [0.2, 0.25) is 0 Å². The van der Waals surface area contributed by atoms with Crippen molar-refractivity contribution in [2.75, 3.05) is 0 Å². The predicted molar refractivity (Wildman–Crippen MR) is 32.8 cm³/mol. The SMILES string of the molecule is [c]1cncc(C2CC2)n1. The van der Waals surface area contributed by atoms with Crippen LogP contribution >= 0.6 is 0 Å². The minimum absolute atomic E-state index is 0.704. The predicted octanol–water partition coefficient (Wildman–Crippen LogP) is 1.15. The van der Waals surface area contributed by atoms with Gasteiger partial charge in [-0.3, -0.25) is 4.98 Å². The number of rotatable bonds is 1. The maximum absolute atomic E-state index is 4.05. The molecule has 9 heavy (non-hydrogen) atoms. The van der Waals surface area contributed by atoms with E-state index in [1.54, 1.807) is 6.20 Å². The molecule has 1 aromatic heterocycles. The molecule has 1 aliphatic carbocycles. The van der Waals surface area contributed by atoms with E-state index < -0.39 is 0 Å². The van der Waals surface area contributed by atoms with Crippen LogP contribution in [0.1, 0.15) is 24.5 Å². The van der Waals surface area contributed by atoms with Crippen LogP contribution in [0.5, 0.6) is 0 Å². The van der Waals surface area contributed by atoms with Crippen LogP contribution in [-0.4, -0.2) is 9.97 Å². The van der Waals surface area contributed by atoms with Crippen LogP contribution in [0.4, 0.5) is 0 Å². The smallest absolute Gasteiger partial charge is 0.109 e. The highest BCUT2D eigenvalue weighted by Gasteiger charge is 2.24. The molecule has 1 fully saturated rings.